The smallest absolute Gasteiger partial charge is 0.262 e. The lowest BCUT2D eigenvalue weighted by Gasteiger charge is -2.34. The Bertz CT molecular complexity index is 1480. The second-order valence-corrected chi connectivity index (χ2v) is 11.0. The minimum Gasteiger partial charge on any atom is -0.496 e. The summed E-state index contributed by atoms with van der Waals surface area (Å²) in [6.07, 6.45) is 8.00. The van der Waals surface area contributed by atoms with E-state index in [1.165, 1.54) is 24.8 Å². The molecule has 2 aromatic heterocycles. The van der Waals surface area contributed by atoms with Crippen LogP contribution in [0, 0.1) is 0 Å². The molecule has 39 heavy (non-hydrogen) atoms. The van der Waals surface area contributed by atoms with Crippen LogP contribution in [0.4, 0.5) is 5.69 Å². The van der Waals surface area contributed by atoms with Gasteiger partial charge < -0.3 is 19.9 Å². The van der Waals surface area contributed by atoms with E-state index >= 15 is 0 Å². The van der Waals surface area contributed by atoms with Gasteiger partial charge in [-0.3, -0.25) is 4.79 Å². The molecule has 1 saturated heterocycles. The maximum atomic E-state index is 13.3. The van der Waals surface area contributed by atoms with E-state index < -0.39 is 0 Å². The number of piperidine rings is 1. The van der Waals surface area contributed by atoms with Gasteiger partial charge in [-0.25, -0.2) is 9.67 Å². The molecule has 0 spiro atoms. The third kappa shape index (κ3) is 5.30. The van der Waals surface area contributed by atoms with Gasteiger partial charge in [-0.05, 0) is 43.4 Å². The minimum absolute atomic E-state index is 0.125. The molecule has 2 aromatic carbocycles. The number of hydrogen-bond donors (Lipinski definition) is 2. The van der Waals surface area contributed by atoms with E-state index in [9.17, 15) is 4.79 Å². The van der Waals surface area contributed by atoms with Crippen molar-refractivity contribution in [2.45, 2.75) is 63.5 Å². The normalized spacial score (nSPS) is 17.1. The molecule has 6 rings (SSSR count). The number of benzene rings is 2. The average Bonchev–Trinajstić information content (AvgIpc) is 3.33. The number of aromatic nitrogens is 4. The van der Waals surface area contributed by atoms with E-state index in [-0.39, 0.29) is 5.56 Å². The molecule has 2 fully saturated rings. The summed E-state index contributed by atoms with van der Waals surface area (Å²) in [5, 5.41) is 9.10. The first-order valence-electron chi connectivity index (χ1n) is 14.3. The molecular formula is C31H38N6O2. The van der Waals surface area contributed by atoms with Crippen molar-refractivity contribution in [2.75, 3.05) is 25.1 Å². The van der Waals surface area contributed by atoms with Gasteiger partial charge in [-0.2, -0.15) is 5.10 Å². The highest BCUT2D eigenvalue weighted by molar-refractivity contribution is 5.81. The molecule has 0 radical (unpaired) electrons. The van der Waals surface area contributed by atoms with E-state index in [1.54, 1.807) is 11.8 Å². The van der Waals surface area contributed by atoms with Gasteiger partial charge in [0.25, 0.3) is 5.56 Å². The lowest BCUT2D eigenvalue weighted by molar-refractivity contribution is 0.409. The van der Waals surface area contributed by atoms with Crippen molar-refractivity contribution < 1.29 is 4.74 Å². The van der Waals surface area contributed by atoms with Crippen LogP contribution in [-0.4, -0.2) is 46.0 Å². The molecule has 0 bridgehead atoms. The number of hydrogen-bond acceptors (Lipinski definition) is 6. The molecule has 4 aromatic rings. The van der Waals surface area contributed by atoms with E-state index in [1.807, 2.05) is 13.1 Å². The third-order valence-corrected chi connectivity index (χ3v) is 8.45. The highest BCUT2D eigenvalue weighted by atomic mass is 16.5. The van der Waals surface area contributed by atoms with Crippen LogP contribution in [0.2, 0.25) is 0 Å². The molecule has 3 heterocycles. The van der Waals surface area contributed by atoms with Crippen LogP contribution in [0.15, 0.2) is 53.3 Å². The number of nitrogens with one attached hydrogen (secondary N) is 2. The van der Waals surface area contributed by atoms with Crippen molar-refractivity contribution in [1.29, 1.82) is 0 Å². The van der Waals surface area contributed by atoms with E-state index in [4.69, 9.17) is 14.8 Å². The molecule has 1 aliphatic carbocycles. The Morgan fingerprint density at radius 1 is 1.03 bits per heavy atom. The van der Waals surface area contributed by atoms with Crippen LogP contribution >= 0.6 is 0 Å². The SMILES string of the molecule is COc1cc(N2CCC(NCc3ccccc3)CC2)ccc1-c1nc2c(c(C3CCCCC3)nn2C)c(=O)[nH]1. The average molecular weight is 527 g/mol. The number of aryl methyl sites for hydroxylation is 1. The number of aromatic amines is 1. The summed E-state index contributed by atoms with van der Waals surface area (Å²) in [5.41, 5.74) is 4.63. The lowest BCUT2D eigenvalue weighted by atomic mass is 9.86. The molecule has 0 unspecified atom stereocenters. The van der Waals surface area contributed by atoms with Gasteiger partial charge in [0.05, 0.1) is 18.4 Å². The van der Waals surface area contributed by atoms with Crippen molar-refractivity contribution in [1.82, 2.24) is 25.1 Å². The van der Waals surface area contributed by atoms with Crippen LogP contribution in [0.1, 0.15) is 62.1 Å². The van der Waals surface area contributed by atoms with E-state index in [0.717, 1.165) is 62.3 Å². The van der Waals surface area contributed by atoms with Crippen LogP contribution in [-0.2, 0) is 13.6 Å². The molecule has 0 atom stereocenters. The molecule has 1 aliphatic heterocycles. The maximum absolute atomic E-state index is 13.3. The minimum atomic E-state index is -0.125. The summed E-state index contributed by atoms with van der Waals surface area (Å²) in [6.45, 7) is 2.87. The first kappa shape index (κ1) is 25.6. The molecule has 2 aliphatic rings. The van der Waals surface area contributed by atoms with Gasteiger partial charge in [-0.1, -0.05) is 49.6 Å². The number of anilines is 1. The summed E-state index contributed by atoms with van der Waals surface area (Å²) in [6, 6.07) is 17.3. The fraction of sp³-hybridized carbons (Fsp3) is 0.452. The monoisotopic (exact) mass is 526 g/mol. The predicted octanol–water partition coefficient (Wildman–Crippen LogP) is 5.14. The third-order valence-electron chi connectivity index (χ3n) is 8.45. The van der Waals surface area contributed by atoms with Crippen LogP contribution in [0.5, 0.6) is 5.75 Å². The lowest BCUT2D eigenvalue weighted by Crippen LogP contribution is -2.42. The van der Waals surface area contributed by atoms with Crippen molar-refractivity contribution >= 4 is 16.7 Å². The second-order valence-electron chi connectivity index (χ2n) is 11.0. The van der Waals surface area contributed by atoms with Gasteiger partial charge in [0, 0.05) is 50.4 Å². The zero-order valence-electron chi connectivity index (χ0n) is 22.9. The summed E-state index contributed by atoms with van der Waals surface area (Å²) in [7, 11) is 3.55. The quantitative estimate of drug-likeness (QED) is 0.347. The Balaban J connectivity index is 1.19. The fourth-order valence-electron chi connectivity index (χ4n) is 6.25. The fourth-order valence-corrected chi connectivity index (χ4v) is 6.25. The van der Waals surface area contributed by atoms with Crippen molar-refractivity contribution in [3.8, 4) is 17.1 Å². The zero-order valence-corrected chi connectivity index (χ0v) is 22.9. The van der Waals surface area contributed by atoms with Crippen LogP contribution < -0.4 is 20.5 Å². The number of H-pyrrole nitrogens is 1. The largest absolute Gasteiger partial charge is 0.496 e. The highest BCUT2D eigenvalue weighted by Gasteiger charge is 2.25. The number of rotatable bonds is 7. The Morgan fingerprint density at radius 3 is 2.54 bits per heavy atom. The Hall–Kier alpha value is -3.65. The molecule has 2 N–H and O–H groups in total. The summed E-state index contributed by atoms with van der Waals surface area (Å²) < 4.78 is 7.56. The summed E-state index contributed by atoms with van der Waals surface area (Å²) in [4.78, 5) is 23.7. The van der Waals surface area contributed by atoms with Gasteiger partial charge in [-0.15, -0.1) is 0 Å². The standard InChI is InChI=1S/C31H38N6O2/c1-36-30-27(28(35-36)22-11-7-4-8-12-22)31(38)34-29(33-30)25-14-13-24(19-26(25)39-2)37-17-15-23(16-18-37)32-20-21-9-5-3-6-10-21/h3,5-6,9-10,13-14,19,22-23,32H,4,7-8,11-12,15-18,20H2,1-2H3,(H,33,34,38). The van der Waals surface area contributed by atoms with E-state index in [0.29, 0.717) is 34.6 Å². The predicted molar refractivity (Wildman–Crippen MR) is 155 cm³/mol. The number of nitrogens with zero attached hydrogens (tertiary/aromatic N) is 4. The molecule has 204 valence electrons. The summed E-state index contributed by atoms with van der Waals surface area (Å²) in [5.74, 6) is 1.55. The first-order chi connectivity index (χ1) is 19.1. The Morgan fingerprint density at radius 2 is 1.79 bits per heavy atom. The van der Waals surface area contributed by atoms with Crippen molar-refractivity contribution in [3.63, 3.8) is 0 Å². The number of fused-ring (bicyclic) bond motifs is 1. The Kier molecular flexibility index (Phi) is 7.37. The highest BCUT2D eigenvalue weighted by Crippen LogP contribution is 2.36. The molecular weight excluding hydrogens is 488 g/mol. The first-order valence-corrected chi connectivity index (χ1v) is 14.3. The van der Waals surface area contributed by atoms with Gasteiger partial charge in [0.1, 0.15) is 17.0 Å². The van der Waals surface area contributed by atoms with Crippen molar-refractivity contribution in [3.05, 3.63) is 70.1 Å². The molecule has 8 heteroatoms. The van der Waals surface area contributed by atoms with Crippen molar-refractivity contribution in [2.24, 2.45) is 7.05 Å². The van der Waals surface area contributed by atoms with Gasteiger partial charge in [0.15, 0.2) is 5.65 Å². The molecule has 8 nitrogen and oxygen atoms in total. The Labute approximate surface area is 229 Å². The van der Waals surface area contributed by atoms with Crippen LogP contribution in [0.25, 0.3) is 22.4 Å². The second kappa shape index (κ2) is 11.2. The topological polar surface area (TPSA) is 88.1 Å². The van der Waals surface area contributed by atoms with Crippen LogP contribution in [0.3, 0.4) is 0 Å². The number of methoxy groups -OCH3 is 1. The maximum Gasteiger partial charge on any atom is 0.262 e. The molecule has 1 saturated carbocycles. The van der Waals surface area contributed by atoms with Gasteiger partial charge >= 0.3 is 0 Å². The molecule has 0 amide bonds. The van der Waals surface area contributed by atoms with E-state index in [2.05, 4.69) is 57.7 Å². The zero-order chi connectivity index (χ0) is 26.8. The number of ether oxygens (including phenoxy) is 1. The van der Waals surface area contributed by atoms with Gasteiger partial charge in [0.2, 0.25) is 0 Å². The summed E-state index contributed by atoms with van der Waals surface area (Å²) >= 11 is 0.